The van der Waals surface area contributed by atoms with Crippen molar-refractivity contribution in [3.05, 3.63) is 46.6 Å². The van der Waals surface area contributed by atoms with E-state index in [0.717, 1.165) is 5.56 Å². The Morgan fingerprint density at radius 1 is 1.07 bits per heavy atom. The topological polar surface area (TPSA) is 86.3 Å². The SMILES string of the molecule is COc1cc(-c2nc(C=Nc3cc(Cl)ccc3C)c(O)o2)cc(OC)c1OC. The van der Waals surface area contributed by atoms with Gasteiger partial charge in [0.2, 0.25) is 11.6 Å². The molecule has 0 fully saturated rings. The first-order chi connectivity index (χ1) is 13.5. The summed E-state index contributed by atoms with van der Waals surface area (Å²) in [4.78, 5) is 8.64. The van der Waals surface area contributed by atoms with Crippen molar-refractivity contribution in [3.63, 3.8) is 0 Å². The van der Waals surface area contributed by atoms with Crippen LogP contribution < -0.4 is 14.2 Å². The summed E-state index contributed by atoms with van der Waals surface area (Å²) in [5.41, 5.74) is 2.34. The average molecular weight is 403 g/mol. The molecular formula is C20H19ClN2O5. The predicted octanol–water partition coefficient (Wildman–Crippen LogP) is 4.79. The second kappa shape index (κ2) is 8.22. The van der Waals surface area contributed by atoms with Gasteiger partial charge in [-0.2, -0.15) is 0 Å². The van der Waals surface area contributed by atoms with Crippen LogP contribution in [-0.2, 0) is 0 Å². The summed E-state index contributed by atoms with van der Waals surface area (Å²) in [7, 11) is 4.54. The zero-order valence-corrected chi connectivity index (χ0v) is 16.6. The lowest BCUT2D eigenvalue weighted by Gasteiger charge is -2.12. The number of methoxy groups -OCH3 is 3. The fraction of sp³-hybridized carbons (Fsp3) is 0.200. The van der Waals surface area contributed by atoms with Crippen molar-refractivity contribution in [2.24, 2.45) is 4.99 Å². The van der Waals surface area contributed by atoms with Crippen LogP contribution in [-0.4, -0.2) is 37.6 Å². The first-order valence-electron chi connectivity index (χ1n) is 8.27. The van der Waals surface area contributed by atoms with E-state index in [2.05, 4.69) is 9.98 Å². The van der Waals surface area contributed by atoms with Crippen LogP contribution in [0.15, 0.2) is 39.7 Å². The van der Waals surface area contributed by atoms with E-state index >= 15 is 0 Å². The molecule has 0 saturated carbocycles. The highest BCUT2D eigenvalue weighted by Crippen LogP contribution is 2.41. The molecule has 8 heteroatoms. The summed E-state index contributed by atoms with van der Waals surface area (Å²) >= 11 is 6.00. The molecule has 1 N–H and O–H groups in total. The van der Waals surface area contributed by atoms with Gasteiger partial charge in [-0.3, -0.25) is 4.99 Å². The standard InChI is InChI=1S/C20H19ClN2O5/c1-11-5-6-13(21)9-14(11)22-10-15-20(24)28-19(23-15)12-7-16(25-2)18(27-4)17(8-12)26-3/h5-10,24H,1-4H3. The first kappa shape index (κ1) is 19.6. The third kappa shape index (κ3) is 3.89. The Morgan fingerprint density at radius 3 is 2.36 bits per heavy atom. The lowest BCUT2D eigenvalue weighted by molar-refractivity contribution is 0.323. The minimum Gasteiger partial charge on any atom is -0.493 e. The van der Waals surface area contributed by atoms with Gasteiger partial charge in [-0.25, -0.2) is 4.98 Å². The van der Waals surface area contributed by atoms with Crippen molar-refractivity contribution in [3.8, 4) is 34.6 Å². The van der Waals surface area contributed by atoms with Crippen molar-refractivity contribution >= 4 is 23.5 Å². The lowest BCUT2D eigenvalue weighted by atomic mass is 10.2. The maximum absolute atomic E-state index is 10.1. The van der Waals surface area contributed by atoms with Crippen LogP contribution in [0.5, 0.6) is 23.2 Å². The molecule has 0 aliphatic heterocycles. The van der Waals surface area contributed by atoms with E-state index in [9.17, 15) is 5.11 Å². The van der Waals surface area contributed by atoms with Crippen molar-refractivity contribution in [2.45, 2.75) is 6.92 Å². The number of halogens is 1. The zero-order valence-electron chi connectivity index (χ0n) is 15.8. The van der Waals surface area contributed by atoms with Crippen molar-refractivity contribution in [2.75, 3.05) is 21.3 Å². The highest BCUT2D eigenvalue weighted by Gasteiger charge is 2.19. The Balaban J connectivity index is 1.98. The zero-order chi connectivity index (χ0) is 20.3. The highest BCUT2D eigenvalue weighted by atomic mass is 35.5. The van der Waals surface area contributed by atoms with Gasteiger partial charge in [0.25, 0.3) is 0 Å². The van der Waals surface area contributed by atoms with Gasteiger partial charge in [0, 0.05) is 10.6 Å². The molecule has 7 nitrogen and oxygen atoms in total. The largest absolute Gasteiger partial charge is 0.493 e. The quantitative estimate of drug-likeness (QED) is 0.597. The Bertz CT molecular complexity index is 1000. The minimum absolute atomic E-state index is 0.181. The van der Waals surface area contributed by atoms with Gasteiger partial charge in [-0.05, 0) is 36.8 Å². The predicted molar refractivity (Wildman–Crippen MR) is 107 cm³/mol. The normalized spacial score (nSPS) is 11.0. The number of aliphatic imine (C=N–C) groups is 1. The maximum Gasteiger partial charge on any atom is 0.312 e. The molecule has 0 bridgehead atoms. The number of aromatic nitrogens is 1. The summed E-state index contributed by atoms with van der Waals surface area (Å²) in [6.07, 6.45) is 1.42. The number of oxazole rings is 1. The van der Waals surface area contributed by atoms with E-state index in [1.165, 1.54) is 27.5 Å². The fourth-order valence-corrected chi connectivity index (χ4v) is 2.75. The Morgan fingerprint density at radius 2 is 1.75 bits per heavy atom. The molecule has 2 aromatic carbocycles. The molecular weight excluding hydrogens is 384 g/mol. The van der Waals surface area contributed by atoms with Crippen molar-refractivity contribution < 1.29 is 23.7 Å². The van der Waals surface area contributed by atoms with Crippen LogP contribution in [0.4, 0.5) is 5.69 Å². The second-order valence-corrected chi connectivity index (χ2v) is 6.25. The van der Waals surface area contributed by atoms with E-state index in [1.807, 2.05) is 13.0 Å². The van der Waals surface area contributed by atoms with E-state index in [-0.39, 0.29) is 17.5 Å². The molecule has 28 heavy (non-hydrogen) atoms. The Hall–Kier alpha value is -3.19. The van der Waals surface area contributed by atoms with Crippen molar-refractivity contribution in [1.29, 1.82) is 0 Å². The number of ether oxygens (including phenoxy) is 3. The number of hydrogen-bond donors (Lipinski definition) is 1. The fourth-order valence-electron chi connectivity index (χ4n) is 2.59. The molecule has 1 heterocycles. The number of hydrogen-bond acceptors (Lipinski definition) is 7. The summed E-state index contributed by atoms with van der Waals surface area (Å²) < 4.78 is 21.4. The minimum atomic E-state index is -0.354. The van der Waals surface area contributed by atoms with Crippen LogP contribution in [0.2, 0.25) is 5.02 Å². The van der Waals surface area contributed by atoms with E-state index in [1.54, 1.807) is 24.3 Å². The molecule has 0 aliphatic rings. The van der Waals surface area contributed by atoms with Crippen LogP contribution >= 0.6 is 11.6 Å². The second-order valence-electron chi connectivity index (χ2n) is 5.81. The molecule has 0 aliphatic carbocycles. The van der Waals surface area contributed by atoms with Crippen molar-refractivity contribution in [1.82, 2.24) is 4.98 Å². The summed E-state index contributed by atoms with van der Waals surface area (Å²) in [5.74, 6) is 1.16. The van der Waals surface area contributed by atoms with Crippen LogP contribution in [0, 0.1) is 6.92 Å². The monoisotopic (exact) mass is 402 g/mol. The van der Waals surface area contributed by atoms with Gasteiger partial charge in [-0.1, -0.05) is 17.7 Å². The van der Waals surface area contributed by atoms with Gasteiger partial charge in [-0.15, -0.1) is 0 Å². The van der Waals surface area contributed by atoms with Crippen LogP contribution in [0.25, 0.3) is 11.5 Å². The first-order valence-corrected chi connectivity index (χ1v) is 8.65. The summed E-state index contributed by atoms with van der Waals surface area (Å²) in [6.45, 7) is 1.91. The van der Waals surface area contributed by atoms with Gasteiger partial charge in [0.1, 0.15) is 0 Å². The van der Waals surface area contributed by atoms with Gasteiger partial charge in [0.15, 0.2) is 17.2 Å². The van der Waals surface area contributed by atoms with E-state index in [4.69, 9.17) is 30.2 Å². The highest BCUT2D eigenvalue weighted by molar-refractivity contribution is 6.30. The maximum atomic E-state index is 10.1. The van der Waals surface area contributed by atoms with Crippen LogP contribution in [0.1, 0.15) is 11.3 Å². The molecule has 0 saturated heterocycles. The summed E-state index contributed by atoms with van der Waals surface area (Å²) in [5, 5.41) is 10.7. The molecule has 0 spiro atoms. The van der Waals surface area contributed by atoms with E-state index < -0.39 is 0 Å². The summed E-state index contributed by atoms with van der Waals surface area (Å²) in [6, 6.07) is 8.72. The van der Waals surface area contributed by atoms with E-state index in [0.29, 0.717) is 33.5 Å². The number of rotatable bonds is 6. The molecule has 3 aromatic rings. The smallest absolute Gasteiger partial charge is 0.312 e. The van der Waals surface area contributed by atoms with Crippen LogP contribution in [0.3, 0.4) is 0 Å². The lowest BCUT2D eigenvalue weighted by Crippen LogP contribution is -1.95. The molecule has 1 aromatic heterocycles. The number of aryl methyl sites for hydroxylation is 1. The Kier molecular flexibility index (Phi) is 5.75. The molecule has 0 amide bonds. The van der Waals surface area contributed by atoms with Gasteiger partial charge < -0.3 is 23.7 Å². The molecule has 146 valence electrons. The Labute approximate surface area is 167 Å². The number of benzene rings is 2. The number of aromatic hydroxyl groups is 1. The third-order valence-corrected chi connectivity index (χ3v) is 4.28. The van der Waals surface area contributed by atoms with Gasteiger partial charge >= 0.3 is 5.95 Å². The van der Waals surface area contributed by atoms with Gasteiger partial charge in [0.05, 0.1) is 33.2 Å². The molecule has 3 rings (SSSR count). The molecule has 0 radical (unpaired) electrons. The molecule has 0 unspecified atom stereocenters. The third-order valence-electron chi connectivity index (χ3n) is 4.04. The molecule has 0 atom stereocenters. The number of nitrogens with zero attached hydrogens (tertiary/aromatic N) is 2. The average Bonchev–Trinajstić information content (AvgIpc) is 3.08.